The van der Waals surface area contributed by atoms with Crippen molar-refractivity contribution >= 4 is 26.0 Å². The fourth-order valence-electron chi connectivity index (χ4n) is 2.13. The molecule has 0 heterocycles. The summed E-state index contributed by atoms with van der Waals surface area (Å²) in [5.74, 6) is -1.96. The number of aryl methyl sites for hydroxylation is 1. The first-order valence-electron chi connectivity index (χ1n) is 6.83. The smallest absolute Gasteiger partial charge is 0.207 e. The van der Waals surface area contributed by atoms with Gasteiger partial charge in [0.1, 0.15) is 0 Å². The van der Waals surface area contributed by atoms with Crippen LogP contribution in [-0.2, 0) is 10.0 Å². The van der Waals surface area contributed by atoms with Crippen molar-refractivity contribution in [2.75, 3.05) is 7.05 Å². The largest absolute Gasteiger partial charge is 0.243 e. The molecule has 0 aliphatic heterocycles. The van der Waals surface area contributed by atoms with Crippen LogP contribution in [0.25, 0.3) is 0 Å². The summed E-state index contributed by atoms with van der Waals surface area (Å²) in [5, 5.41) is 0. The van der Waals surface area contributed by atoms with Crippen molar-refractivity contribution in [2.45, 2.75) is 24.8 Å². The monoisotopic (exact) mass is 403 g/mol. The Kier molecular flexibility index (Phi) is 5.23. The Bertz CT molecular complexity index is 840. The van der Waals surface area contributed by atoms with E-state index in [4.69, 9.17) is 0 Å². The van der Waals surface area contributed by atoms with Gasteiger partial charge in [-0.3, -0.25) is 0 Å². The lowest BCUT2D eigenvalue weighted by atomic mass is 10.1. The molecule has 2 aromatic rings. The van der Waals surface area contributed by atoms with Gasteiger partial charge in [-0.05, 0) is 55.3 Å². The van der Waals surface area contributed by atoms with E-state index in [2.05, 4.69) is 15.9 Å². The highest BCUT2D eigenvalue weighted by Crippen LogP contribution is 2.28. The number of hydrogen-bond acceptors (Lipinski definition) is 2. The highest BCUT2D eigenvalue weighted by molar-refractivity contribution is 9.10. The summed E-state index contributed by atoms with van der Waals surface area (Å²) in [5.41, 5.74) is 1.17. The van der Waals surface area contributed by atoms with Gasteiger partial charge < -0.3 is 0 Å². The minimum absolute atomic E-state index is 0.148. The molecule has 0 aromatic heterocycles. The molecule has 2 aromatic carbocycles. The van der Waals surface area contributed by atoms with E-state index >= 15 is 0 Å². The van der Waals surface area contributed by atoms with Crippen LogP contribution in [0.5, 0.6) is 0 Å². The standard InChI is InChI=1S/C16H16BrF2NO2S/c1-10-8-13(5-6-14(10)17)23(21,22)20(3)11(2)12-4-7-15(18)16(19)9-12/h4-9,11H,1-3H3. The number of sulfonamides is 1. The van der Waals surface area contributed by atoms with Crippen LogP contribution in [-0.4, -0.2) is 19.8 Å². The van der Waals surface area contributed by atoms with Gasteiger partial charge in [0.2, 0.25) is 10.0 Å². The summed E-state index contributed by atoms with van der Waals surface area (Å²) < 4.78 is 53.8. The third-order valence-electron chi connectivity index (χ3n) is 3.78. The zero-order valence-electron chi connectivity index (χ0n) is 12.8. The van der Waals surface area contributed by atoms with Crippen LogP contribution in [0.1, 0.15) is 24.1 Å². The number of halogens is 3. The van der Waals surface area contributed by atoms with E-state index in [1.807, 2.05) is 0 Å². The first-order valence-corrected chi connectivity index (χ1v) is 9.07. The summed E-state index contributed by atoms with van der Waals surface area (Å²) in [4.78, 5) is 0.148. The van der Waals surface area contributed by atoms with Crippen LogP contribution >= 0.6 is 15.9 Å². The average molecular weight is 404 g/mol. The molecule has 0 saturated carbocycles. The lowest BCUT2D eigenvalue weighted by Gasteiger charge is -2.25. The maximum atomic E-state index is 13.4. The van der Waals surface area contributed by atoms with Gasteiger partial charge in [0.25, 0.3) is 0 Å². The van der Waals surface area contributed by atoms with Gasteiger partial charge in [-0.25, -0.2) is 17.2 Å². The maximum Gasteiger partial charge on any atom is 0.243 e. The molecule has 0 fully saturated rings. The molecule has 0 N–H and O–H groups in total. The van der Waals surface area contributed by atoms with Gasteiger partial charge in [0.05, 0.1) is 4.90 Å². The molecule has 0 bridgehead atoms. The Morgan fingerprint density at radius 2 is 1.74 bits per heavy atom. The van der Waals surface area contributed by atoms with Gasteiger partial charge in [0, 0.05) is 17.6 Å². The summed E-state index contributed by atoms with van der Waals surface area (Å²) in [7, 11) is -2.34. The molecule has 0 aliphatic carbocycles. The van der Waals surface area contributed by atoms with E-state index in [0.29, 0.717) is 5.56 Å². The Labute approximate surface area is 143 Å². The van der Waals surface area contributed by atoms with Crippen molar-refractivity contribution in [3.8, 4) is 0 Å². The Morgan fingerprint density at radius 3 is 2.30 bits per heavy atom. The molecule has 1 atom stereocenters. The second-order valence-corrected chi connectivity index (χ2v) is 8.13. The molecule has 124 valence electrons. The number of rotatable bonds is 4. The second kappa shape index (κ2) is 6.67. The zero-order valence-corrected chi connectivity index (χ0v) is 15.2. The van der Waals surface area contributed by atoms with Crippen molar-refractivity contribution in [1.82, 2.24) is 4.31 Å². The first kappa shape index (κ1) is 18.0. The number of benzene rings is 2. The molecule has 0 amide bonds. The molecule has 0 aliphatic rings. The molecular weight excluding hydrogens is 388 g/mol. The highest BCUT2D eigenvalue weighted by Gasteiger charge is 2.27. The molecule has 1 unspecified atom stereocenters. The second-order valence-electron chi connectivity index (χ2n) is 5.28. The van der Waals surface area contributed by atoms with Crippen molar-refractivity contribution in [1.29, 1.82) is 0 Å². The maximum absolute atomic E-state index is 13.4. The Balaban J connectivity index is 2.38. The predicted molar refractivity (Wildman–Crippen MR) is 88.6 cm³/mol. The van der Waals surface area contributed by atoms with Gasteiger partial charge in [-0.15, -0.1) is 0 Å². The van der Waals surface area contributed by atoms with Crippen molar-refractivity contribution < 1.29 is 17.2 Å². The summed E-state index contributed by atoms with van der Waals surface area (Å²) in [6.07, 6.45) is 0. The molecule has 23 heavy (non-hydrogen) atoms. The number of hydrogen-bond donors (Lipinski definition) is 0. The predicted octanol–water partition coefficient (Wildman–Crippen LogP) is 4.42. The molecule has 7 heteroatoms. The van der Waals surface area contributed by atoms with Crippen LogP contribution < -0.4 is 0 Å². The highest BCUT2D eigenvalue weighted by atomic mass is 79.9. The third-order valence-corrected chi connectivity index (χ3v) is 6.59. The third kappa shape index (κ3) is 3.62. The lowest BCUT2D eigenvalue weighted by molar-refractivity contribution is 0.395. The van der Waals surface area contributed by atoms with E-state index in [1.54, 1.807) is 26.0 Å². The summed E-state index contributed by atoms with van der Waals surface area (Å²) in [6.45, 7) is 3.41. The minimum atomic E-state index is -3.75. The van der Waals surface area contributed by atoms with Crippen LogP contribution in [0.4, 0.5) is 8.78 Å². The molecular formula is C16H16BrF2NO2S. The quantitative estimate of drug-likeness (QED) is 0.757. The van der Waals surface area contributed by atoms with E-state index in [-0.39, 0.29) is 4.90 Å². The van der Waals surface area contributed by atoms with Gasteiger partial charge in [0.15, 0.2) is 11.6 Å². The van der Waals surface area contributed by atoms with Crippen molar-refractivity contribution in [3.05, 3.63) is 63.6 Å². The van der Waals surface area contributed by atoms with E-state index in [1.165, 1.54) is 19.2 Å². The molecule has 3 nitrogen and oxygen atoms in total. The SMILES string of the molecule is Cc1cc(S(=O)(=O)N(C)C(C)c2ccc(F)c(F)c2)ccc1Br. The first-order chi connectivity index (χ1) is 10.6. The van der Waals surface area contributed by atoms with Gasteiger partial charge in [-0.1, -0.05) is 22.0 Å². The van der Waals surface area contributed by atoms with E-state index < -0.39 is 27.7 Å². The topological polar surface area (TPSA) is 37.4 Å². The molecule has 2 rings (SSSR count). The van der Waals surface area contributed by atoms with E-state index in [9.17, 15) is 17.2 Å². The molecule has 0 spiro atoms. The van der Waals surface area contributed by atoms with Crippen LogP contribution in [0.3, 0.4) is 0 Å². The molecule has 0 saturated heterocycles. The fraction of sp³-hybridized carbons (Fsp3) is 0.250. The molecule has 0 radical (unpaired) electrons. The zero-order chi connectivity index (χ0) is 17.4. The lowest BCUT2D eigenvalue weighted by Crippen LogP contribution is -2.30. The van der Waals surface area contributed by atoms with Crippen molar-refractivity contribution in [3.63, 3.8) is 0 Å². The summed E-state index contributed by atoms with van der Waals surface area (Å²) >= 11 is 3.33. The van der Waals surface area contributed by atoms with Crippen LogP contribution in [0, 0.1) is 18.6 Å². The number of nitrogens with zero attached hydrogens (tertiary/aromatic N) is 1. The van der Waals surface area contributed by atoms with E-state index in [0.717, 1.165) is 26.5 Å². The Morgan fingerprint density at radius 1 is 1.09 bits per heavy atom. The minimum Gasteiger partial charge on any atom is -0.207 e. The van der Waals surface area contributed by atoms with Crippen LogP contribution in [0.15, 0.2) is 45.8 Å². The Hall–Kier alpha value is -1.31. The fourth-order valence-corrected chi connectivity index (χ4v) is 3.82. The van der Waals surface area contributed by atoms with Gasteiger partial charge >= 0.3 is 0 Å². The van der Waals surface area contributed by atoms with Crippen LogP contribution in [0.2, 0.25) is 0 Å². The normalized spacial score (nSPS) is 13.3. The average Bonchev–Trinajstić information content (AvgIpc) is 2.51. The van der Waals surface area contributed by atoms with Gasteiger partial charge in [-0.2, -0.15) is 4.31 Å². The summed E-state index contributed by atoms with van der Waals surface area (Å²) in [6, 6.07) is 7.47. The van der Waals surface area contributed by atoms with Crippen molar-refractivity contribution in [2.24, 2.45) is 0 Å².